The number of carbonyl (C=O) groups excluding carboxylic acids is 2. The minimum atomic E-state index is -0.533. The molecule has 1 atom stereocenters. The largest absolute Gasteiger partial charge is 0.459 e. The highest BCUT2D eigenvalue weighted by atomic mass is 16.3. The lowest BCUT2D eigenvalue weighted by molar-refractivity contribution is -0.133. The fourth-order valence-corrected chi connectivity index (χ4v) is 1.88. The van der Waals surface area contributed by atoms with E-state index in [0.717, 1.165) is 12.8 Å². The van der Waals surface area contributed by atoms with Crippen molar-refractivity contribution in [3.63, 3.8) is 0 Å². The van der Waals surface area contributed by atoms with Gasteiger partial charge in [-0.1, -0.05) is 27.2 Å². The van der Waals surface area contributed by atoms with Crippen molar-refractivity contribution in [1.29, 1.82) is 0 Å². The van der Waals surface area contributed by atoms with Crippen LogP contribution >= 0.6 is 0 Å². The summed E-state index contributed by atoms with van der Waals surface area (Å²) in [5, 5.41) is 2.75. The Morgan fingerprint density at radius 1 is 1.40 bits per heavy atom. The number of carbonyl (C=O) groups is 2. The number of furan rings is 1. The topological polar surface area (TPSA) is 62.6 Å². The van der Waals surface area contributed by atoms with Crippen LogP contribution in [0.25, 0.3) is 0 Å². The minimum absolute atomic E-state index is 0.0190. The van der Waals surface area contributed by atoms with E-state index in [-0.39, 0.29) is 23.5 Å². The molecule has 1 rings (SSSR count). The van der Waals surface area contributed by atoms with Crippen molar-refractivity contribution in [3.05, 3.63) is 24.2 Å². The van der Waals surface area contributed by atoms with Crippen molar-refractivity contribution in [3.8, 4) is 0 Å². The van der Waals surface area contributed by atoms with Crippen LogP contribution < -0.4 is 5.32 Å². The van der Waals surface area contributed by atoms with Crippen molar-refractivity contribution >= 4 is 11.8 Å². The molecule has 5 heteroatoms. The summed E-state index contributed by atoms with van der Waals surface area (Å²) in [6.45, 7) is 6.61. The molecule has 0 spiro atoms. The molecule has 0 saturated carbocycles. The van der Waals surface area contributed by atoms with Gasteiger partial charge in [0.05, 0.1) is 6.26 Å². The van der Waals surface area contributed by atoms with Crippen molar-refractivity contribution in [2.45, 2.75) is 39.7 Å². The van der Waals surface area contributed by atoms with Crippen molar-refractivity contribution in [1.82, 2.24) is 10.2 Å². The van der Waals surface area contributed by atoms with Gasteiger partial charge in [-0.05, 0) is 24.5 Å². The summed E-state index contributed by atoms with van der Waals surface area (Å²) in [6.07, 6.45) is 3.43. The van der Waals surface area contributed by atoms with Gasteiger partial charge in [-0.25, -0.2) is 0 Å². The van der Waals surface area contributed by atoms with Gasteiger partial charge in [0.15, 0.2) is 5.76 Å². The zero-order chi connectivity index (χ0) is 15.1. The number of hydrogen-bond acceptors (Lipinski definition) is 3. The molecule has 1 aromatic heterocycles. The molecule has 1 N–H and O–H groups in total. The molecular formula is C15H24N2O3. The van der Waals surface area contributed by atoms with Crippen LogP contribution in [0.4, 0.5) is 0 Å². The Kier molecular flexibility index (Phi) is 6.28. The van der Waals surface area contributed by atoms with Crippen LogP contribution in [-0.4, -0.2) is 36.3 Å². The fraction of sp³-hybridized carbons (Fsp3) is 0.600. The van der Waals surface area contributed by atoms with Crippen LogP contribution in [0, 0.1) is 5.92 Å². The lowest BCUT2D eigenvalue weighted by Gasteiger charge is -2.26. The Labute approximate surface area is 120 Å². The molecule has 0 radical (unpaired) electrons. The SMILES string of the molecule is CCCCN(C)C(=O)C(NC(=O)c1ccco1)C(C)C. The second-order valence-corrected chi connectivity index (χ2v) is 5.29. The average Bonchev–Trinajstić information content (AvgIpc) is 2.94. The third kappa shape index (κ3) is 4.40. The van der Waals surface area contributed by atoms with Gasteiger partial charge in [-0.15, -0.1) is 0 Å². The maximum absolute atomic E-state index is 12.4. The number of likely N-dealkylation sites (N-methyl/N-ethyl adjacent to an activating group) is 1. The quantitative estimate of drug-likeness (QED) is 0.833. The van der Waals surface area contributed by atoms with E-state index in [1.54, 1.807) is 24.1 Å². The monoisotopic (exact) mass is 280 g/mol. The summed E-state index contributed by atoms with van der Waals surface area (Å²) < 4.78 is 5.04. The van der Waals surface area contributed by atoms with E-state index >= 15 is 0 Å². The molecule has 1 heterocycles. The van der Waals surface area contributed by atoms with Gasteiger partial charge in [0.1, 0.15) is 6.04 Å². The van der Waals surface area contributed by atoms with Crippen LogP contribution in [0.3, 0.4) is 0 Å². The molecule has 20 heavy (non-hydrogen) atoms. The zero-order valence-corrected chi connectivity index (χ0v) is 12.7. The van der Waals surface area contributed by atoms with Gasteiger partial charge in [-0.3, -0.25) is 9.59 Å². The first-order chi connectivity index (χ1) is 9.47. The first kappa shape index (κ1) is 16.3. The molecule has 2 amide bonds. The summed E-state index contributed by atoms with van der Waals surface area (Å²) in [5.74, 6) is -0.176. The van der Waals surface area contributed by atoms with Crippen LogP contribution in [0.2, 0.25) is 0 Å². The first-order valence-corrected chi connectivity index (χ1v) is 7.06. The molecule has 0 bridgehead atoms. The molecular weight excluding hydrogens is 256 g/mol. The maximum atomic E-state index is 12.4. The Morgan fingerprint density at radius 2 is 2.10 bits per heavy atom. The molecule has 0 saturated heterocycles. The van der Waals surface area contributed by atoms with E-state index in [1.807, 2.05) is 13.8 Å². The molecule has 112 valence electrons. The second kappa shape index (κ2) is 7.72. The maximum Gasteiger partial charge on any atom is 0.287 e. The molecule has 0 aliphatic rings. The summed E-state index contributed by atoms with van der Waals surface area (Å²) in [5.41, 5.74) is 0. The first-order valence-electron chi connectivity index (χ1n) is 7.06. The highest BCUT2D eigenvalue weighted by molar-refractivity contribution is 5.95. The van der Waals surface area contributed by atoms with Crippen LogP contribution in [0.15, 0.2) is 22.8 Å². The van der Waals surface area contributed by atoms with Gasteiger partial charge >= 0.3 is 0 Å². The molecule has 1 unspecified atom stereocenters. The Bertz CT molecular complexity index is 426. The highest BCUT2D eigenvalue weighted by Crippen LogP contribution is 2.08. The van der Waals surface area contributed by atoms with E-state index in [2.05, 4.69) is 12.2 Å². The van der Waals surface area contributed by atoms with Crippen molar-refractivity contribution in [2.75, 3.05) is 13.6 Å². The van der Waals surface area contributed by atoms with E-state index in [0.29, 0.717) is 6.54 Å². The average molecular weight is 280 g/mol. The van der Waals surface area contributed by atoms with Gasteiger partial charge in [-0.2, -0.15) is 0 Å². The van der Waals surface area contributed by atoms with Crippen LogP contribution in [0.5, 0.6) is 0 Å². The van der Waals surface area contributed by atoms with Gasteiger partial charge in [0.2, 0.25) is 5.91 Å². The number of nitrogens with zero attached hydrogens (tertiary/aromatic N) is 1. The third-order valence-electron chi connectivity index (χ3n) is 3.19. The number of amides is 2. The third-order valence-corrected chi connectivity index (χ3v) is 3.19. The molecule has 0 fully saturated rings. The van der Waals surface area contributed by atoms with Gasteiger partial charge < -0.3 is 14.6 Å². The molecule has 0 aliphatic heterocycles. The van der Waals surface area contributed by atoms with E-state index < -0.39 is 6.04 Å². The fourth-order valence-electron chi connectivity index (χ4n) is 1.88. The standard InChI is InChI=1S/C15H24N2O3/c1-5-6-9-17(4)15(19)13(11(2)3)16-14(18)12-8-7-10-20-12/h7-8,10-11,13H,5-6,9H2,1-4H3,(H,16,18). The van der Waals surface area contributed by atoms with Crippen LogP contribution in [-0.2, 0) is 4.79 Å². The van der Waals surface area contributed by atoms with Gasteiger partial charge in [0.25, 0.3) is 5.91 Å². The Morgan fingerprint density at radius 3 is 2.60 bits per heavy atom. The summed E-state index contributed by atoms with van der Waals surface area (Å²) in [4.78, 5) is 26.0. The summed E-state index contributed by atoms with van der Waals surface area (Å²) >= 11 is 0. The Balaban J connectivity index is 2.69. The molecule has 5 nitrogen and oxygen atoms in total. The lowest BCUT2D eigenvalue weighted by Crippen LogP contribution is -2.50. The molecule has 0 aliphatic carbocycles. The summed E-state index contributed by atoms with van der Waals surface area (Å²) in [6, 6.07) is 2.70. The van der Waals surface area contributed by atoms with E-state index in [1.165, 1.54) is 6.26 Å². The predicted molar refractivity (Wildman–Crippen MR) is 77.3 cm³/mol. The number of nitrogens with one attached hydrogen (secondary N) is 1. The predicted octanol–water partition coefficient (Wildman–Crippen LogP) is 2.29. The number of rotatable bonds is 7. The van der Waals surface area contributed by atoms with Crippen LogP contribution in [0.1, 0.15) is 44.2 Å². The smallest absolute Gasteiger partial charge is 0.287 e. The van der Waals surface area contributed by atoms with Crippen molar-refractivity contribution < 1.29 is 14.0 Å². The second-order valence-electron chi connectivity index (χ2n) is 5.29. The van der Waals surface area contributed by atoms with E-state index in [4.69, 9.17) is 4.42 Å². The molecule has 1 aromatic rings. The van der Waals surface area contributed by atoms with Gasteiger partial charge in [0, 0.05) is 13.6 Å². The zero-order valence-electron chi connectivity index (χ0n) is 12.7. The molecule has 0 aromatic carbocycles. The number of hydrogen-bond donors (Lipinski definition) is 1. The summed E-state index contributed by atoms with van der Waals surface area (Å²) in [7, 11) is 1.77. The number of unbranched alkanes of at least 4 members (excludes halogenated alkanes) is 1. The normalized spacial score (nSPS) is 12.2. The minimum Gasteiger partial charge on any atom is -0.459 e. The van der Waals surface area contributed by atoms with Crippen molar-refractivity contribution in [2.24, 2.45) is 5.92 Å². The Hall–Kier alpha value is -1.78. The highest BCUT2D eigenvalue weighted by Gasteiger charge is 2.27. The van der Waals surface area contributed by atoms with E-state index in [9.17, 15) is 9.59 Å². The lowest BCUT2D eigenvalue weighted by atomic mass is 10.0.